The van der Waals surface area contributed by atoms with E-state index in [4.69, 9.17) is 33.9 Å². The highest BCUT2D eigenvalue weighted by Gasteiger charge is 2.55. The van der Waals surface area contributed by atoms with Gasteiger partial charge in [0.15, 0.2) is 5.76 Å². The number of carbonyl (C=O) groups is 5. The topological polar surface area (TPSA) is 198 Å². The molecule has 3 aromatic rings. The highest BCUT2D eigenvalue weighted by Crippen LogP contribution is 2.45. The van der Waals surface area contributed by atoms with Crippen molar-refractivity contribution in [2.45, 2.75) is 30.5 Å². The third-order valence-corrected chi connectivity index (χ3v) is 9.27. The Morgan fingerprint density at radius 3 is 2.35 bits per heavy atom. The lowest BCUT2D eigenvalue weighted by molar-refractivity contribution is -0.169. The molecule has 1 saturated heterocycles. The summed E-state index contributed by atoms with van der Waals surface area (Å²) in [7, 11) is 1.25. The second-order valence-corrected chi connectivity index (χ2v) is 12.0. The molecule has 3 amide bonds. The van der Waals surface area contributed by atoms with Crippen molar-refractivity contribution in [3.8, 4) is 11.1 Å². The minimum atomic E-state index is -1.44. The number of β-lactam (4-membered cyclic amide) rings is 1. The number of primary amides is 1. The van der Waals surface area contributed by atoms with Crippen LogP contribution in [0.5, 0.6) is 0 Å². The molecule has 0 saturated carbocycles. The summed E-state index contributed by atoms with van der Waals surface area (Å²) in [5.41, 5.74) is 9.04. The molecule has 2 aromatic carbocycles. The molecule has 1 fully saturated rings. The van der Waals surface area contributed by atoms with Crippen LogP contribution in [0, 0.1) is 0 Å². The first-order valence-corrected chi connectivity index (χ1v) is 16.0. The number of hydrogen-bond donors (Lipinski definition) is 2. The van der Waals surface area contributed by atoms with Crippen LogP contribution < -0.4 is 11.1 Å². The number of amides is 3. The molecule has 16 heteroatoms. The van der Waals surface area contributed by atoms with Gasteiger partial charge in [-0.05, 0) is 34.4 Å². The van der Waals surface area contributed by atoms with Crippen molar-refractivity contribution in [2.24, 2.45) is 10.9 Å². The molecule has 254 valence electrons. The Balaban J connectivity index is 1.10. The summed E-state index contributed by atoms with van der Waals surface area (Å²) in [6, 6.07) is 17.7. The van der Waals surface area contributed by atoms with E-state index in [1.165, 1.54) is 38.1 Å². The Morgan fingerprint density at radius 2 is 1.71 bits per heavy atom. The van der Waals surface area contributed by atoms with E-state index in [-0.39, 0.29) is 41.0 Å². The van der Waals surface area contributed by atoms with Crippen LogP contribution >= 0.6 is 11.8 Å². The Hall–Kier alpha value is -5.77. The second-order valence-electron chi connectivity index (χ2n) is 10.9. The van der Waals surface area contributed by atoms with E-state index >= 15 is 0 Å². The van der Waals surface area contributed by atoms with Crippen molar-refractivity contribution in [3.63, 3.8) is 0 Å². The summed E-state index contributed by atoms with van der Waals surface area (Å²) in [6.07, 6.45) is -2.26. The molecular formula is C33H30N4O11S. The fourth-order valence-electron chi connectivity index (χ4n) is 5.84. The number of furan rings is 1. The molecule has 0 radical (unpaired) electrons. The van der Waals surface area contributed by atoms with Crippen molar-refractivity contribution < 1.29 is 52.2 Å². The van der Waals surface area contributed by atoms with Crippen LogP contribution in [0.25, 0.3) is 11.1 Å². The highest BCUT2D eigenvalue weighted by atomic mass is 32.2. The first kappa shape index (κ1) is 33.1. The smallest absolute Gasteiger partial charge is 0.462 e. The zero-order chi connectivity index (χ0) is 34.7. The minimum absolute atomic E-state index is 0.0156. The van der Waals surface area contributed by atoms with E-state index in [2.05, 4.69) is 10.5 Å². The van der Waals surface area contributed by atoms with Crippen LogP contribution in [0.4, 0.5) is 9.59 Å². The molecular weight excluding hydrogens is 660 g/mol. The molecule has 0 spiro atoms. The van der Waals surface area contributed by atoms with Gasteiger partial charge in [0.05, 0.1) is 6.26 Å². The van der Waals surface area contributed by atoms with E-state index < -0.39 is 54.3 Å². The predicted molar refractivity (Wildman–Crippen MR) is 172 cm³/mol. The number of ether oxygens (including phenoxy) is 4. The van der Waals surface area contributed by atoms with Gasteiger partial charge >= 0.3 is 18.2 Å². The van der Waals surface area contributed by atoms with E-state index in [0.29, 0.717) is 0 Å². The molecule has 15 nitrogen and oxygen atoms in total. The SMILES string of the molecule is CON=C(C(=O)NC1C(=O)N2C(C(=O)OC(C)OC(=O)OCC3c4ccccc4-c4ccccc43)=C(COC(N)=O)CSC12)c1ccco1. The van der Waals surface area contributed by atoms with Crippen molar-refractivity contribution in [3.05, 3.63) is 95.1 Å². The van der Waals surface area contributed by atoms with E-state index in [1.807, 2.05) is 48.5 Å². The summed E-state index contributed by atoms with van der Waals surface area (Å²) in [5, 5.41) is 5.55. The van der Waals surface area contributed by atoms with Gasteiger partial charge in [-0.15, -0.1) is 11.8 Å². The van der Waals surface area contributed by atoms with Gasteiger partial charge in [0.1, 0.15) is 37.4 Å². The first-order chi connectivity index (χ1) is 23.7. The van der Waals surface area contributed by atoms with Gasteiger partial charge in [0.2, 0.25) is 12.0 Å². The number of benzene rings is 2. The lowest BCUT2D eigenvalue weighted by atomic mass is 9.98. The van der Waals surface area contributed by atoms with E-state index in [0.717, 1.165) is 27.2 Å². The molecule has 6 rings (SSSR count). The lowest BCUT2D eigenvalue weighted by Crippen LogP contribution is -2.71. The van der Waals surface area contributed by atoms with Crippen molar-refractivity contribution in [1.82, 2.24) is 10.2 Å². The second kappa shape index (κ2) is 14.1. The van der Waals surface area contributed by atoms with Gasteiger partial charge in [0, 0.05) is 24.2 Å². The Labute approximate surface area is 283 Å². The van der Waals surface area contributed by atoms with Crippen LogP contribution in [0.15, 0.2) is 87.8 Å². The summed E-state index contributed by atoms with van der Waals surface area (Å²) in [6.45, 7) is 0.879. The maximum atomic E-state index is 13.5. The van der Waals surface area contributed by atoms with Gasteiger partial charge in [-0.2, -0.15) is 0 Å². The van der Waals surface area contributed by atoms with Gasteiger partial charge in [-0.3, -0.25) is 14.5 Å². The zero-order valence-corrected chi connectivity index (χ0v) is 27.0. The average molecular weight is 691 g/mol. The molecule has 2 aliphatic heterocycles. The highest BCUT2D eigenvalue weighted by molar-refractivity contribution is 8.00. The van der Waals surface area contributed by atoms with Crippen LogP contribution in [0.1, 0.15) is 29.7 Å². The van der Waals surface area contributed by atoms with Crippen molar-refractivity contribution in [2.75, 3.05) is 26.1 Å². The fourth-order valence-corrected chi connectivity index (χ4v) is 7.17. The predicted octanol–water partition coefficient (Wildman–Crippen LogP) is 3.23. The maximum Gasteiger partial charge on any atom is 0.511 e. The molecule has 49 heavy (non-hydrogen) atoms. The molecule has 1 aliphatic carbocycles. The number of nitrogens with one attached hydrogen (secondary N) is 1. The van der Waals surface area contributed by atoms with Gasteiger partial charge in [-0.25, -0.2) is 14.4 Å². The fraction of sp³-hybridized carbons (Fsp3) is 0.273. The number of fused-ring (bicyclic) bond motifs is 4. The van der Waals surface area contributed by atoms with Gasteiger partial charge in [-0.1, -0.05) is 53.7 Å². The number of thioether (sulfide) groups is 1. The van der Waals surface area contributed by atoms with Gasteiger partial charge < -0.3 is 39.3 Å². The molecule has 3 N–H and O–H groups in total. The van der Waals surface area contributed by atoms with Gasteiger partial charge in [0.25, 0.3) is 11.8 Å². The van der Waals surface area contributed by atoms with Crippen LogP contribution in [-0.4, -0.2) is 84.4 Å². The monoisotopic (exact) mass is 690 g/mol. The van der Waals surface area contributed by atoms with Crippen molar-refractivity contribution in [1.29, 1.82) is 0 Å². The standard InChI is InChI=1S/C33H30N4O11S/c1-17(48-33(42)46-15-23-21-10-5-3-8-19(21)20-9-4-6-11-22(20)23)47-31(40)27-18(14-45-32(34)41)16-49-30-26(29(39)37(27)30)35-28(38)25(36-43-2)24-12-7-13-44-24/h3-13,17,23,26,30H,14-16H2,1-2H3,(H2,34,41)(H,35,38). The Kier molecular flexibility index (Phi) is 9.57. The largest absolute Gasteiger partial charge is 0.511 e. The normalized spacial score (nSPS) is 18.7. The quantitative estimate of drug-likeness (QED) is 0.0745. The number of nitrogens with two attached hydrogens (primary N) is 1. The first-order valence-electron chi connectivity index (χ1n) is 14.9. The average Bonchev–Trinajstić information content (AvgIpc) is 3.73. The Morgan fingerprint density at radius 1 is 1.02 bits per heavy atom. The molecule has 3 heterocycles. The number of rotatable bonds is 11. The zero-order valence-electron chi connectivity index (χ0n) is 26.2. The lowest BCUT2D eigenvalue weighted by Gasteiger charge is -2.49. The van der Waals surface area contributed by atoms with Crippen LogP contribution in [0.2, 0.25) is 0 Å². The van der Waals surface area contributed by atoms with E-state index in [9.17, 15) is 24.0 Å². The summed E-state index contributed by atoms with van der Waals surface area (Å²) < 4.78 is 26.2. The van der Waals surface area contributed by atoms with E-state index in [1.54, 1.807) is 6.07 Å². The summed E-state index contributed by atoms with van der Waals surface area (Å²) in [5.74, 6) is -2.44. The van der Waals surface area contributed by atoms with Crippen LogP contribution in [0.3, 0.4) is 0 Å². The Bertz CT molecular complexity index is 1810. The number of nitrogens with zero attached hydrogens (tertiary/aromatic N) is 2. The van der Waals surface area contributed by atoms with Crippen LogP contribution in [-0.2, 0) is 38.2 Å². The molecule has 3 aliphatic rings. The summed E-state index contributed by atoms with van der Waals surface area (Å²) in [4.78, 5) is 69.8. The number of carbonyl (C=O) groups excluding carboxylic acids is 5. The third kappa shape index (κ3) is 6.67. The van der Waals surface area contributed by atoms with Crippen molar-refractivity contribution >= 4 is 47.5 Å². The number of oxime groups is 1. The molecule has 0 bridgehead atoms. The number of hydrogen-bond acceptors (Lipinski definition) is 13. The third-order valence-electron chi connectivity index (χ3n) is 7.93. The number of esters is 1. The molecule has 1 aromatic heterocycles. The minimum Gasteiger partial charge on any atom is -0.462 e. The summed E-state index contributed by atoms with van der Waals surface area (Å²) >= 11 is 1.20. The molecule has 3 unspecified atom stereocenters. The maximum absolute atomic E-state index is 13.5. The molecule has 3 atom stereocenters.